The van der Waals surface area contributed by atoms with Crippen molar-refractivity contribution in [2.75, 3.05) is 19.0 Å². The number of urea groups is 1. The fourth-order valence-corrected chi connectivity index (χ4v) is 3.02. The molecule has 1 aliphatic heterocycles. The van der Waals surface area contributed by atoms with E-state index >= 15 is 0 Å². The fraction of sp³-hybridized carbons (Fsp3) is 0.333. The largest absolute Gasteiger partial charge is 0.497 e. The number of hydrogen-bond acceptors (Lipinski definition) is 7. The normalized spacial score (nSPS) is 20.0. The minimum Gasteiger partial charge on any atom is -0.497 e. The van der Waals surface area contributed by atoms with Crippen LogP contribution in [0.15, 0.2) is 55.0 Å². The minimum atomic E-state index is -0.680. The Kier molecular flexibility index (Phi) is 7.91. The maximum absolute atomic E-state index is 12.3. The number of aromatic nitrogens is 2. The predicted molar refractivity (Wildman–Crippen MR) is 112 cm³/mol. The molecule has 3 atom stereocenters. The summed E-state index contributed by atoms with van der Waals surface area (Å²) in [4.78, 5) is 32.4. The van der Waals surface area contributed by atoms with Crippen LogP contribution in [0.3, 0.4) is 0 Å². The Balaban J connectivity index is 1.49. The van der Waals surface area contributed by atoms with Crippen molar-refractivity contribution in [2.45, 2.75) is 31.2 Å². The van der Waals surface area contributed by atoms with Crippen LogP contribution >= 0.6 is 0 Å². The molecule has 2 aromatic rings. The van der Waals surface area contributed by atoms with Crippen molar-refractivity contribution >= 4 is 17.6 Å². The summed E-state index contributed by atoms with van der Waals surface area (Å²) >= 11 is 0. The van der Waals surface area contributed by atoms with Gasteiger partial charge < -0.3 is 30.5 Å². The number of nitrogens with zero attached hydrogens (tertiary/aromatic N) is 2. The van der Waals surface area contributed by atoms with Gasteiger partial charge in [0.25, 0.3) is 0 Å². The second-order valence-electron chi connectivity index (χ2n) is 6.82. The Hall–Kier alpha value is -3.50. The molecule has 1 aromatic carbocycles. The molecule has 10 nitrogen and oxygen atoms in total. The van der Waals surface area contributed by atoms with Crippen LogP contribution < -0.4 is 20.7 Å². The Morgan fingerprint density at radius 1 is 1.26 bits per heavy atom. The third-order valence-electron chi connectivity index (χ3n) is 4.59. The van der Waals surface area contributed by atoms with Gasteiger partial charge in [0.2, 0.25) is 5.91 Å². The highest BCUT2D eigenvalue weighted by Crippen LogP contribution is 2.18. The first-order valence-corrected chi connectivity index (χ1v) is 9.75. The molecular weight excluding hydrogens is 402 g/mol. The monoisotopic (exact) mass is 427 g/mol. The van der Waals surface area contributed by atoms with Gasteiger partial charge in [-0.3, -0.25) is 4.79 Å². The molecule has 31 heavy (non-hydrogen) atoms. The third kappa shape index (κ3) is 6.76. The summed E-state index contributed by atoms with van der Waals surface area (Å²) in [6.07, 6.45) is 5.33. The molecule has 1 aromatic heterocycles. The maximum atomic E-state index is 12.3. The van der Waals surface area contributed by atoms with Crippen molar-refractivity contribution in [3.63, 3.8) is 0 Å². The maximum Gasteiger partial charge on any atom is 0.319 e. The van der Waals surface area contributed by atoms with Crippen LogP contribution in [0.2, 0.25) is 0 Å². The molecule has 164 valence electrons. The molecule has 0 saturated heterocycles. The number of hydrogen-bond donors (Lipinski definition) is 4. The second-order valence-corrected chi connectivity index (χ2v) is 6.82. The molecule has 0 fully saturated rings. The zero-order valence-electron chi connectivity index (χ0n) is 17.0. The molecule has 3 amide bonds. The number of amides is 3. The van der Waals surface area contributed by atoms with Gasteiger partial charge in [-0.1, -0.05) is 18.2 Å². The highest BCUT2D eigenvalue weighted by molar-refractivity contribution is 5.89. The molecule has 4 N–H and O–H groups in total. The van der Waals surface area contributed by atoms with E-state index in [0.29, 0.717) is 17.1 Å². The number of nitrogens with one attached hydrogen (secondary N) is 3. The first-order chi connectivity index (χ1) is 15.1. The van der Waals surface area contributed by atoms with Crippen molar-refractivity contribution in [1.29, 1.82) is 0 Å². The average Bonchev–Trinajstić information content (AvgIpc) is 2.79. The SMILES string of the molecule is COc1cccc(NC(=O)N[C@H]2C=C[C@@H](CC(=O)NCc3ccncn3)O[C@H]2CO)c1. The van der Waals surface area contributed by atoms with E-state index in [1.165, 1.54) is 6.33 Å². The molecule has 10 heteroatoms. The summed E-state index contributed by atoms with van der Waals surface area (Å²) in [5.74, 6) is 0.403. The van der Waals surface area contributed by atoms with E-state index in [-0.39, 0.29) is 25.5 Å². The van der Waals surface area contributed by atoms with Crippen molar-refractivity contribution < 1.29 is 24.2 Å². The van der Waals surface area contributed by atoms with Gasteiger partial charge in [0.15, 0.2) is 0 Å². The van der Waals surface area contributed by atoms with Crippen LogP contribution in [0.1, 0.15) is 12.1 Å². The number of aliphatic hydroxyl groups is 1. The summed E-state index contributed by atoms with van der Waals surface area (Å²) in [5.41, 5.74) is 1.26. The van der Waals surface area contributed by atoms with Gasteiger partial charge in [0.05, 0.1) is 44.5 Å². The van der Waals surface area contributed by atoms with E-state index in [4.69, 9.17) is 9.47 Å². The molecule has 0 spiro atoms. The molecule has 3 rings (SSSR count). The smallest absolute Gasteiger partial charge is 0.319 e. The molecule has 0 bridgehead atoms. The number of methoxy groups -OCH3 is 1. The van der Waals surface area contributed by atoms with E-state index in [0.717, 1.165) is 0 Å². The highest BCUT2D eigenvalue weighted by Gasteiger charge is 2.29. The van der Waals surface area contributed by atoms with Crippen molar-refractivity contribution in [1.82, 2.24) is 20.6 Å². The van der Waals surface area contributed by atoms with Gasteiger partial charge in [-0.15, -0.1) is 0 Å². The summed E-state index contributed by atoms with van der Waals surface area (Å²) in [7, 11) is 1.54. The standard InChI is InChI=1S/C21H25N5O5/c1-30-16-4-2-3-14(9-16)25-21(29)26-18-6-5-17(31-19(18)12-27)10-20(28)23-11-15-7-8-22-13-24-15/h2-9,13,17-19,27H,10-12H2,1H3,(H,23,28)(H2,25,26,29)/t17-,18-,19-/m0/s1. The van der Waals surface area contributed by atoms with E-state index in [2.05, 4.69) is 25.9 Å². The number of ether oxygens (including phenoxy) is 2. The number of benzene rings is 1. The van der Waals surface area contributed by atoms with Crippen LogP contribution in [0.25, 0.3) is 0 Å². The average molecular weight is 427 g/mol. The summed E-state index contributed by atoms with van der Waals surface area (Å²) in [6.45, 7) is -0.0245. The zero-order valence-corrected chi connectivity index (χ0v) is 17.0. The number of aliphatic hydroxyl groups excluding tert-OH is 1. The van der Waals surface area contributed by atoms with Gasteiger partial charge >= 0.3 is 6.03 Å². The summed E-state index contributed by atoms with van der Waals surface area (Å²) < 4.78 is 10.9. The Bertz CT molecular complexity index is 908. The number of anilines is 1. The van der Waals surface area contributed by atoms with Gasteiger partial charge in [-0.25, -0.2) is 14.8 Å². The van der Waals surface area contributed by atoms with E-state index in [1.54, 1.807) is 55.8 Å². The van der Waals surface area contributed by atoms with E-state index < -0.39 is 24.3 Å². The molecular formula is C21H25N5O5. The van der Waals surface area contributed by atoms with Crippen LogP contribution in [0.5, 0.6) is 5.75 Å². The van der Waals surface area contributed by atoms with Gasteiger partial charge in [-0.2, -0.15) is 0 Å². The molecule has 0 aliphatic carbocycles. The summed E-state index contributed by atoms with van der Waals surface area (Å²) in [5, 5.41) is 17.9. The first kappa shape index (κ1) is 22.2. The lowest BCUT2D eigenvalue weighted by molar-refractivity contribution is -0.125. The molecule has 0 saturated carbocycles. The Morgan fingerprint density at radius 2 is 2.13 bits per heavy atom. The lowest BCUT2D eigenvalue weighted by Crippen LogP contribution is -2.50. The van der Waals surface area contributed by atoms with Crippen molar-refractivity contribution in [3.05, 3.63) is 60.7 Å². The number of carbonyl (C=O) groups excluding carboxylic acids is 2. The molecule has 0 unspecified atom stereocenters. The molecule has 1 aliphatic rings. The van der Waals surface area contributed by atoms with E-state index in [1.807, 2.05) is 0 Å². The third-order valence-corrected chi connectivity index (χ3v) is 4.59. The minimum absolute atomic E-state index is 0.0841. The number of rotatable bonds is 8. The number of carbonyl (C=O) groups is 2. The van der Waals surface area contributed by atoms with Crippen LogP contribution in [0, 0.1) is 0 Å². The van der Waals surface area contributed by atoms with Crippen LogP contribution in [-0.2, 0) is 16.1 Å². The molecule has 2 heterocycles. The predicted octanol–water partition coefficient (Wildman–Crippen LogP) is 0.998. The van der Waals surface area contributed by atoms with Crippen molar-refractivity contribution in [3.8, 4) is 5.75 Å². The van der Waals surface area contributed by atoms with Crippen LogP contribution in [-0.4, -0.2) is 59.0 Å². The highest BCUT2D eigenvalue weighted by atomic mass is 16.5. The lowest BCUT2D eigenvalue weighted by Gasteiger charge is -2.31. The Labute approximate surface area is 179 Å². The molecule has 0 radical (unpaired) electrons. The first-order valence-electron chi connectivity index (χ1n) is 9.75. The summed E-state index contributed by atoms with van der Waals surface area (Å²) in [6, 6.07) is 7.66. The topological polar surface area (TPSA) is 135 Å². The van der Waals surface area contributed by atoms with Gasteiger partial charge in [0.1, 0.15) is 18.2 Å². The zero-order chi connectivity index (χ0) is 22.1. The van der Waals surface area contributed by atoms with E-state index in [9.17, 15) is 14.7 Å². The fourth-order valence-electron chi connectivity index (χ4n) is 3.02. The van der Waals surface area contributed by atoms with Crippen LogP contribution in [0.4, 0.5) is 10.5 Å². The Morgan fingerprint density at radius 3 is 2.87 bits per heavy atom. The van der Waals surface area contributed by atoms with Gasteiger partial charge in [-0.05, 0) is 18.2 Å². The lowest BCUT2D eigenvalue weighted by atomic mass is 10.0. The van der Waals surface area contributed by atoms with Crippen molar-refractivity contribution in [2.24, 2.45) is 0 Å². The van der Waals surface area contributed by atoms with Gasteiger partial charge in [0, 0.05) is 18.0 Å². The second kappa shape index (κ2) is 11.0. The quantitative estimate of drug-likeness (QED) is 0.462.